The topological polar surface area (TPSA) is 79.3 Å². The van der Waals surface area contributed by atoms with Crippen LogP contribution in [0, 0.1) is 13.8 Å². The van der Waals surface area contributed by atoms with Gasteiger partial charge in [-0.2, -0.15) is 5.10 Å². The average molecular weight is 490 g/mol. The molecule has 7 heteroatoms. The Morgan fingerprint density at radius 1 is 0.944 bits per heavy atom. The second kappa shape index (κ2) is 11.9. The predicted octanol–water partition coefficient (Wildman–Crippen LogP) is 6.45. The lowest BCUT2D eigenvalue weighted by molar-refractivity contribution is -0.116. The van der Waals surface area contributed by atoms with Crippen molar-refractivity contribution in [2.45, 2.75) is 66.2 Å². The number of aromatic nitrogens is 2. The molecule has 0 fully saturated rings. The first-order chi connectivity index (χ1) is 17.1. The Bertz CT molecular complexity index is 1180. The molecule has 0 aliphatic rings. The third-order valence-electron chi connectivity index (χ3n) is 5.95. The normalized spacial score (nSPS) is 11.3. The van der Waals surface area contributed by atoms with Crippen LogP contribution in [0.2, 0.25) is 0 Å². The van der Waals surface area contributed by atoms with Gasteiger partial charge in [-0.15, -0.1) is 0 Å². The van der Waals surface area contributed by atoms with E-state index in [0.29, 0.717) is 18.1 Å². The standard InChI is InChI=1S/C29H39N5O2/c1-7-8-9-17-33(28(36)30-23-15-13-21(2)14-16-23)20-27(35)31-26-19-25(29(4,5)6)32-34(26)24-12-10-11-22(3)18-24/h10-16,18-19H,7-9,17,20H2,1-6H3,(H,30,36)(H,31,35). The van der Waals surface area contributed by atoms with E-state index in [1.54, 1.807) is 9.58 Å². The van der Waals surface area contributed by atoms with Gasteiger partial charge in [0.05, 0.1) is 11.4 Å². The third kappa shape index (κ3) is 7.44. The van der Waals surface area contributed by atoms with Crippen LogP contribution in [0.4, 0.5) is 16.3 Å². The van der Waals surface area contributed by atoms with Gasteiger partial charge in [-0.05, 0) is 50.1 Å². The van der Waals surface area contributed by atoms with E-state index in [1.165, 1.54) is 0 Å². The number of amides is 3. The summed E-state index contributed by atoms with van der Waals surface area (Å²) in [4.78, 5) is 27.8. The van der Waals surface area contributed by atoms with E-state index in [-0.39, 0.29) is 23.9 Å². The second-order valence-corrected chi connectivity index (χ2v) is 10.4. The Balaban J connectivity index is 1.80. The Kier molecular flexibility index (Phi) is 8.91. The zero-order valence-corrected chi connectivity index (χ0v) is 22.4. The quantitative estimate of drug-likeness (QED) is 0.339. The summed E-state index contributed by atoms with van der Waals surface area (Å²) in [5, 5.41) is 10.7. The molecule has 0 unspecified atom stereocenters. The molecule has 0 radical (unpaired) electrons. The highest BCUT2D eigenvalue weighted by atomic mass is 16.2. The predicted molar refractivity (Wildman–Crippen MR) is 147 cm³/mol. The lowest BCUT2D eigenvalue weighted by Crippen LogP contribution is -2.41. The minimum Gasteiger partial charge on any atom is -0.315 e. The van der Waals surface area contributed by atoms with Crippen LogP contribution in [0.25, 0.3) is 5.69 Å². The highest BCUT2D eigenvalue weighted by molar-refractivity contribution is 5.96. The molecular formula is C29H39N5O2. The van der Waals surface area contributed by atoms with Crippen LogP contribution >= 0.6 is 0 Å². The molecule has 3 amide bonds. The summed E-state index contributed by atoms with van der Waals surface area (Å²) in [6.45, 7) is 12.9. The van der Waals surface area contributed by atoms with E-state index in [1.807, 2.05) is 68.4 Å². The smallest absolute Gasteiger partial charge is 0.315 e. The number of unbranched alkanes of at least 4 members (excludes halogenated alkanes) is 2. The van der Waals surface area contributed by atoms with Crippen molar-refractivity contribution in [2.24, 2.45) is 0 Å². The molecule has 2 aromatic carbocycles. The lowest BCUT2D eigenvalue weighted by Gasteiger charge is -2.23. The molecule has 0 aliphatic carbocycles. The summed E-state index contributed by atoms with van der Waals surface area (Å²) in [5.74, 6) is 0.322. The molecule has 192 valence electrons. The average Bonchev–Trinajstić information content (AvgIpc) is 3.24. The van der Waals surface area contributed by atoms with E-state index < -0.39 is 0 Å². The summed E-state index contributed by atoms with van der Waals surface area (Å²) in [5.41, 5.74) is 4.49. The van der Waals surface area contributed by atoms with E-state index in [9.17, 15) is 9.59 Å². The molecule has 2 N–H and O–H groups in total. The minimum absolute atomic E-state index is 0.0503. The number of nitrogens with zero attached hydrogens (tertiary/aromatic N) is 3. The first kappa shape index (κ1) is 27.0. The number of nitrogens with one attached hydrogen (secondary N) is 2. The molecule has 0 aliphatic heterocycles. The maximum atomic E-state index is 13.2. The Morgan fingerprint density at radius 3 is 2.31 bits per heavy atom. The molecule has 36 heavy (non-hydrogen) atoms. The fourth-order valence-corrected chi connectivity index (χ4v) is 3.79. The van der Waals surface area contributed by atoms with E-state index in [4.69, 9.17) is 5.10 Å². The molecule has 7 nitrogen and oxygen atoms in total. The van der Waals surface area contributed by atoms with Gasteiger partial charge in [0.25, 0.3) is 0 Å². The van der Waals surface area contributed by atoms with Gasteiger partial charge < -0.3 is 15.5 Å². The highest BCUT2D eigenvalue weighted by Gasteiger charge is 2.23. The summed E-state index contributed by atoms with van der Waals surface area (Å²) in [6, 6.07) is 17.2. The van der Waals surface area contributed by atoms with Crippen molar-refractivity contribution in [1.29, 1.82) is 0 Å². The number of hydrogen-bond donors (Lipinski definition) is 2. The largest absolute Gasteiger partial charge is 0.322 e. The minimum atomic E-state index is -0.285. The van der Waals surface area contributed by atoms with Crippen LogP contribution in [-0.4, -0.2) is 39.7 Å². The van der Waals surface area contributed by atoms with Crippen LogP contribution in [0.3, 0.4) is 0 Å². The van der Waals surface area contributed by atoms with Crippen LogP contribution < -0.4 is 10.6 Å². The van der Waals surface area contributed by atoms with Crippen molar-refractivity contribution in [2.75, 3.05) is 23.7 Å². The Hall–Kier alpha value is -3.61. The van der Waals surface area contributed by atoms with Crippen molar-refractivity contribution in [1.82, 2.24) is 14.7 Å². The fourth-order valence-electron chi connectivity index (χ4n) is 3.79. The molecule has 1 heterocycles. The number of carbonyl (C=O) groups is 2. The first-order valence-corrected chi connectivity index (χ1v) is 12.7. The van der Waals surface area contributed by atoms with E-state index in [0.717, 1.165) is 41.8 Å². The number of carbonyl (C=O) groups excluding carboxylic acids is 2. The number of aryl methyl sites for hydroxylation is 2. The summed E-state index contributed by atoms with van der Waals surface area (Å²) in [6.07, 6.45) is 2.86. The lowest BCUT2D eigenvalue weighted by atomic mass is 9.92. The maximum Gasteiger partial charge on any atom is 0.322 e. The summed E-state index contributed by atoms with van der Waals surface area (Å²) in [7, 11) is 0. The highest BCUT2D eigenvalue weighted by Crippen LogP contribution is 2.26. The van der Waals surface area contributed by atoms with Crippen LogP contribution in [0.15, 0.2) is 54.6 Å². The third-order valence-corrected chi connectivity index (χ3v) is 5.95. The number of rotatable bonds is 9. The van der Waals surface area contributed by atoms with Crippen molar-refractivity contribution in [3.63, 3.8) is 0 Å². The van der Waals surface area contributed by atoms with Crippen LogP contribution in [0.5, 0.6) is 0 Å². The molecule has 3 aromatic rings. The van der Waals surface area contributed by atoms with Crippen molar-refractivity contribution >= 4 is 23.4 Å². The fraction of sp³-hybridized carbons (Fsp3) is 0.414. The van der Waals surface area contributed by atoms with Crippen molar-refractivity contribution in [3.05, 3.63) is 71.4 Å². The van der Waals surface area contributed by atoms with Gasteiger partial charge in [-0.1, -0.05) is 70.4 Å². The Morgan fingerprint density at radius 2 is 1.67 bits per heavy atom. The van der Waals surface area contributed by atoms with Crippen molar-refractivity contribution in [3.8, 4) is 5.69 Å². The molecular weight excluding hydrogens is 450 g/mol. The molecule has 3 rings (SSSR count). The van der Waals surface area contributed by atoms with Gasteiger partial charge >= 0.3 is 6.03 Å². The SMILES string of the molecule is CCCCCN(CC(=O)Nc1cc(C(C)(C)C)nn1-c1cccc(C)c1)C(=O)Nc1ccc(C)cc1. The second-order valence-electron chi connectivity index (χ2n) is 10.4. The zero-order chi connectivity index (χ0) is 26.3. The number of benzene rings is 2. The van der Waals surface area contributed by atoms with Gasteiger partial charge in [-0.3, -0.25) is 4.79 Å². The van der Waals surface area contributed by atoms with Gasteiger partial charge in [0.1, 0.15) is 12.4 Å². The van der Waals surface area contributed by atoms with E-state index >= 15 is 0 Å². The Labute approximate surface area is 214 Å². The number of anilines is 2. The molecule has 0 saturated heterocycles. The van der Waals surface area contributed by atoms with Gasteiger partial charge in [0, 0.05) is 23.7 Å². The van der Waals surface area contributed by atoms with Gasteiger partial charge in [-0.25, -0.2) is 9.48 Å². The number of hydrogen-bond acceptors (Lipinski definition) is 3. The van der Waals surface area contributed by atoms with Gasteiger partial charge in [0.15, 0.2) is 0 Å². The first-order valence-electron chi connectivity index (χ1n) is 12.7. The van der Waals surface area contributed by atoms with E-state index in [2.05, 4.69) is 38.3 Å². The maximum absolute atomic E-state index is 13.2. The molecule has 0 spiro atoms. The summed E-state index contributed by atoms with van der Waals surface area (Å²) < 4.78 is 1.76. The summed E-state index contributed by atoms with van der Waals surface area (Å²) >= 11 is 0. The van der Waals surface area contributed by atoms with Crippen molar-refractivity contribution < 1.29 is 9.59 Å². The zero-order valence-electron chi connectivity index (χ0n) is 22.4. The molecule has 0 saturated carbocycles. The molecule has 1 aromatic heterocycles. The molecule has 0 bridgehead atoms. The van der Waals surface area contributed by atoms with Crippen LogP contribution in [0.1, 0.15) is 63.8 Å². The molecule has 0 atom stereocenters. The van der Waals surface area contributed by atoms with Gasteiger partial charge in [0.2, 0.25) is 5.91 Å². The van der Waals surface area contributed by atoms with Crippen LogP contribution in [-0.2, 0) is 10.2 Å². The number of urea groups is 1. The monoisotopic (exact) mass is 489 g/mol.